The van der Waals surface area contributed by atoms with Gasteiger partial charge in [0.25, 0.3) is 5.56 Å². The standard InChI is InChI=1S/C27H27ClN2O3S/c1-6-33-25(32)22-16(2)29-26-30(23(22)18-9-11-19(12-10-18)27(3,4)5)24(31)21(34-26)15-17-7-13-20(28)14-8-17/h7-15,23H,6H2,1-5H3/b21-15+. The number of rotatable bonds is 4. The Morgan fingerprint density at radius 3 is 2.38 bits per heavy atom. The number of esters is 1. The lowest BCUT2D eigenvalue weighted by Gasteiger charge is -2.26. The van der Waals surface area contributed by atoms with E-state index in [9.17, 15) is 9.59 Å². The first-order valence-electron chi connectivity index (χ1n) is 11.2. The molecule has 0 radical (unpaired) electrons. The highest BCUT2D eigenvalue weighted by Gasteiger charge is 2.33. The SMILES string of the molecule is CCOC(=O)C1=C(C)N=c2s/c(=C/c3ccc(Cl)cc3)c(=O)n2C1c1ccc(C(C)(C)C)cc1. The smallest absolute Gasteiger partial charge is 0.338 e. The van der Waals surface area contributed by atoms with Crippen LogP contribution in [0.15, 0.2) is 69.6 Å². The number of carbonyl (C=O) groups excluding carboxylic acids is 1. The van der Waals surface area contributed by atoms with Crippen molar-refractivity contribution in [2.45, 2.75) is 46.1 Å². The van der Waals surface area contributed by atoms with Crippen molar-refractivity contribution in [1.82, 2.24) is 4.57 Å². The quantitative estimate of drug-likeness (QED) is 0.492. The van der Waals surface area contributed by atoms with Crippen molar-refractivity contribution >= 4 is 35.0 Å². The molecule has 1 aliphatic heterocycles. The predicted octanol–water partition coefficient (Wildman–Crippen LogP) is 4.75. The molecule has 3 aromatic rings. The van der Waals surface area contributed by atoms with Gasteiger partial charge in [0.05, 0.1) is 28.5 Å². The van der Waals surface area contributed by atoms with Gasteiger partial charge in [0.2, 0.25) is 0 Å². The van der Waals surface area contributed by atoms with Crippen LogP contribution < -0.4 is 14.9 Å². The second kappa shape index (κ2) is 9.35. The van der Waals surface area contributed by atoms with Gasteiger partial charge in [-0.1, -0.05) is 80.1 Å². The van der Waals surface area contributed by atoms with E-state index in [2.05, 4.69) is 37.9 Å². The van der Waals surface area contributed by atoms with E-state index >= 15 is 0 Å². The van der Waals surface area contributed by atoms with Gasteiger partial charge in [-0.2, -0.15) is 0 Å². The Morgan fingerprint density at radius 1 is 1.15 bits per heavy atom. The van der Waals surface area contributed by atoms with Crippen LogP contribution in [0.5, 0.6) is 0 Å². The molecule has 5 nitrogen and oxygen atoms in total. The van der Waals surface area contributed by atoms with Crippen LogP contribution in [0.2, 0.25) is 5.02 Å². The third-order valence-corrected chi connectivity index (χ3v) is 7.01. The van der Waals surface area contributed by atoms with Crippen LogP contribution in [0.1, 0.15) is 57.4 Å². The third-order valence-electron chi connectivity index (χ3n) is 5.78. The summed E-state index contributed by atoms with van der Waals surface area (Å²) in [5.74, 6) is -0.458. The van der Waals surface area contributed by atoms with Crippen LogP contribution in [0, 0.1) is 0 Å². The first-order chi connectivity index (χ1) is 16.1. The van der Waals surface area contributed by atoms with Crippen LogP contribution in [0.4, 0.5) is 0 Å². The lowest BCUT2D eigenvalue weighted by atomic mass is 9.85. The summed E-state index contributed by atoms with van der Waals surface area (Å²) in [6.45, 7) is 10.2. The molecule has 1 aliphatic rings. The molecule has 0 N–H and O–H groups in total. The maximum absolute atomic E-state index is 13.6. The second-order valence-corrected chi connectivity index (χ2v) is 10.7. The molecule has 4 rings (SSSR count). The number of hydrogen-bond acceptors (Lipinski definition) is 5. The van der Waals surface area contributed by atoms with Gasteiger partial charge >= 0.3 is 5.97 Å². The number of fused-ring (bicyclic) bond motifs is 1. The van der Waals surface area contributed by atoms with E-state index in [1.165, 1.54) is 16.9 Å². The van der Waals surface area contributed by atoms with Crippen molar-refractivity contribution in [3.8, 4) is 0 Å². The number of halogens is 1. The summed E-state index contributed by atoms with van der Waals surface area (Å²) in [4.78, 5) is 31.8. The lowest BCUT2D eigenvalue weighted by molar-refractivity contribution is -0.139. The minimum absolute atomic E-state index is 0.0127. The maximum atomic E-state index is 13.6. The fourth-order valence-corrected chi connectivity index (χ4v) is 5.16. The average Bonchev–Trinajstić information content (AvgIpc) is 3.08. The Hall–Kier alpha value is -2.96. The molecule has 7 heteroatoms. The zero-order chi connectivity index (χ0) is 24.6. The molecule has 0 amide bonds. The first-order valence-corrected chi connectivity index (χ1v) is 12.3. The van der Waals surface area contributed by atoms with E-state index in [0.717, 1.165) is 11.1 Å². The first kappa shape index (κ1) is 24.2. The van der Waals surface area contributed by atoms with Crippen molar-refractivity contribution in [3.05, 3.63) is 101 Å². The molecular formula is C27H27ClN2O3S. The molecule has 34 heavy (non-hydrogen) atoms. The monoisotopic (exact) mass is 494 g/mol. The topological polar surface area (TPSA) is 60.7 Å². The van der Waals surface area contributed by atoms with Gasteiger partial charge in [0, 0.05) is 5.02 Å². The van der Waals surface area contributed by atoms with Crippen molar-refractivity contribution in [2.24, 2.45) is 4.99 Å². The second-order valence-electron chi connectivity index (χ2n) is 9.23. The van der Waals surface area contributed by atoms with E-state index in [-0.39, 0.29) is 17.6 Å². The lowest BCUT2D eigenvalue weighted by Crippen LogP contribution is -2.40. The molecule has 1 aromatic heterocycles. The van der Waals surface area contributed by atoms with E-state index in [1.807, 2.05) is 30.3 Å². The predicted molar refractivity (Wildman–Crippen MR) is 137 cm³/mol. The fraction of sp³-hybridized carbons (Fsp3) is 0.296. The molecule has 176 valence electrons. The van der Waals surface area contributed by atoms with Crippen LogP contribution in [0.25, 0.3) is 6.08 Å². The maximum Gasteiger partial charge on any atom is 0.338 e. The third kappa shape index (κ3) is 4.65. The number of hydrogen-bond donors (Lipinski definition) is 0. The van der Waals surface area contributed by atoms with Gasteiger partial charge in [0.1, 0.15) is 0 Å². The molecule has 2 aromatic carbocycles. The van der Waals surface area contributed by atoms with Crippen LogP contribution in [0.3, 0.4) is 0 Å². The summed E-state index contributed by atoms with van der Waals surface area (Å²) in [7, 11) is 0. The largest absolute Gasteiger partial charge is 0.463 e. The number of allylic oxidation sites excluding steroid dienone is 1. The van der Waals surface area contributed by atoms with Crippen LogP contribution in [-0.2, 0) is 14.9 Å². The Kier molecular flexibility index (Phi) is 6.65. The zero-order valence-corrected chi connectivity index (χ0v) is 21.5. The van der Waals surface area contributed by atoms with E-state index in [0.29, 0.717) is 25.6 Å². The highest BCUT2D eigenvalue weighted by atomic mass is 35.5. The molecule has 2 heterocycles. The summed E-state index contributed by atoms with van der Waals surface area (Å²) in [6, 6.07) is 14.8. The number of benzene rings is 2. The number of nitrogens with zero attached hydrogens (tertiary/aromatic N) is 2. The average molecular weight is 495 g/mol. The molecular weight excluding hydrogens is 468 g/mol. The summed E-state index contributed by atoms with van der Waals surface area (Å²) in [5, 5.41) is 0.631. The number of carbonyl (C=O) groups is 1. The normalized spacial score (nSPS) is 16.3. The van der Waals surface area contributed by atoms with Gasteiger partial charge in [0.15, 0.2) is 4.80 Å². The number of thiazole rings is 1. The van der Waals surface area contributed by atoms with E-state index in [4.69, 9.17) is 16.3 Å². The highest BCUT2D eigenvalue weighted by molar-refractivity contribution is 7.07. The minimum atomic E-state index is -0.614. The number of ether oxygens (including phenoxy) is 1. The van der Waals surface area contributed by atoms with E-state index in [1.54, 1.807) is 30.5 Å². The van der Waals surface area contributed by atoms with Gasteiger partial charge in [-0.3, -0.25) is 9.36 Å². The van der Waals surface area contributed by atoms with Gasteiger partial charge in [-0.05, 0) is 54.2 Å². The Morgan fingerprint density at radius 2 is 1.79 bits per heavy atom. The highest BCUT2D eigenvalue weighted by Crippen LogP contribution is 2.32. The molecule has 1 atom stereocenters. The van der Waals surface area contributed by atoms with Crippen molar-refractivity contribution < 1.29 is 9.53 Å². The minimum Gasteiger partial charge on any atom is -0.463 e. The summed E-state index contributed by atoms with van der Waals surface area (Å²) in [5.41, 5.74) is 3.61. The Balaban J connectivity index is 1.92. The molecule has 0 aliphatic carbocycles. The fourth-order valence-electron chi connectivity index (χ4n) is 3.98. The van der Waals surface area contributed by atoms with Crippen molar-refractivity contribution in [1.29, 1.82) is 0 Å². The van der Waals surface area contributed by atoms with Gasteiger partial charge < -0.3 is 4.74 Å². The molecule has 0 saturated carbocycles. The van der Waals surface area contributed by atoms with Crippen LogP contribution >= 0.6 is 22.9 Å². The summed E-state index contributed by atoms with van der Waals surface area (Å²) >= 11 is 7.31. The molecule has 0 spiro atoms. The Bertz CT molecular complexity index is 1440. The summed E-state index contributed by atoms with van der Waals surface area (Å²) < 4.78 is 7.51. The Labute approximate surface area is 207 Å². The van der Waals surface area contributed by atoms with Crippen LogP contribution in [-0.4, -0.2) is 17.1 Å². The molecule has 0 saturated heterocycles. The zero-order valence-electron chi connectivity index (χ0n) is 19.9. The van der Waals surface area contributed by atoms with Crippen molar-refractivity contribution in [3.63, 3.8) is 0 Å². The van der Waals surface area contributed by atoms with Gasteiger partial charge in [-0.25, -0.2) is 9.79 Å². The van der Waals surface area contributed by atoms with Gasteiger partial charge in [-0.15, -0.1) is 0 Å². The molecule has 1 unspecified atom stereocenters. The van der Waals surface area contributed by atoms with E-state index < -0.39 is 12.0 Å². The summed E-state index contributed by atoms with van der Waals surface area (Å²) in [6.07, 6.45) is 1.82. The number of aromatic nitrogens is 1. The molecule has 0 fully saturated rings. The van der Waals surface area contributed by atoms with Crippen molar-refractivity contribution in [2.75, 3.05) is 6.61 Å². The molecule has 0 bridgehead atoms.